The minimum Gasteiger partial charge on any atom is -0.462 e. The number of ether oxygens (including phenoxy) is 3. The molecule has 13 heteroatoms. The Morgan fingerprint density at radius 1 is 1.23 bits per heavy atom. The molecule has 0 radical (unpaired) electrons. The molecule has 35 heavy (non-hydrogen) atoms. The van der Waals surface area contributed by atoms with Crippen molar-refractivity contribution in [3.63, 3.8) is 0 Å². The molecular formula is C22H28N3O9P. The van der Waals surface area contributed by atoms with Crippen LogP contribution < -0.4 is 20.9 Å². The number of nitrogens with zero attached hydrogens (tertiary/aromatic N) is 1. The van der Waals surface area contributed by atoms with Crippen LogP contribution in [0.5, 0.6) is 5.75 Å². The molecular weight excluding hydrogens is 481 g/mol. The largest absolute Gasteiger partial charge is 0.462 e. The average Bonchev–Trinajstić information content (AvgIpc) is 3.39. The summed E-state index contributed by atoms with van der Waals surface area (Å²) in [6, 6.07) is 8.58. The molecule has 3 heterocycles. The van der Waals surface area contributed by atoms with Crippen LogP contribution in [0.25, 0.3) is 0 Å². The van der Waals surface area contributed by atoms with Crippen LogP contribution >= 0.6 is 7.75 Å². The van der Waals surface area contributed by atoms with Crippen LogP contribution in [0.3, 0.4) is 0 Å². The Bertz CT molecular complexity index is 1230. The third-order valence-corrected chi connectivity index (χ3v) is 7.20. The second kappa shape index (κ2) is 9.71. The highest BCUT2D eigenvalue weighted by molar-refractivity contribution is 7.52. The molecule has 2 saturated heterocycles. The Hall–Kier alpha value is -2.76. The molecule has 0 spiro atoms. The Balaban J connectivity index is 1.48. The van der Waals surface area contributed by atoms with Gasteiger partial charge in [0.25, 0.3) is 5.56 Å². The van der Waals surface area contributed by atoms with Crippen molar-refractivity contribution in [1.82, 2.24) is 14.6 Å². The number of esters is 1. The zero-order valence-electron chi connectivity index (χ0n) is 19.7. The molecule has 2 N–H and O–H groups in total. The number of hydrogen-bond acceptors (Lipinski definition) is 9. The van der Waals surface area contributed by atoms with E-state index in [1.54, 1.807) is 51.1 Å². The molecule has 2 fully saturated rings. The molecule has 12 nitrogen and oxygen atoms in total. The number of benzene rings is 1. The van der Waals surface area contributed by atoms with Gasteiger partial charge in [0.2, 0.25) is 0 Å². The van der Waals surface area contributed by atoms with Gasteiger partial charge in [0.15, 0.2) is 6.23 Å². The van der Waals surface area contributed by atoms with Gasteiger partial charge in [-0.1, -0.05) is 18.2 Å². The SMILES string of the molecule is CC(C)OC(=O)[C@H](C)NP(=O)(OCC1OC(n2ccc(=O)[nH]c2=O)[C@@]2(C)O[C@@H]12)Oc1ccccc1. The third kappa shape index (κ3) is 5.57. The van der Waals surface area contributed by atoms with E-state index in [1.165, 1.54) is 23.8 Å². The summed E-state index contributed by atoms with van der Waals surface area (Å²) >= 11 is 0. The highest BCUT2D eigenvalue weighted by atomic mass is 31.2. The summed E-state index contributed by atoms with van der Waals surface area (Å²) in [5.41, 5.74) is -2.00. The summed E-state index contributed by atoms with van der Waals surface area (Å²) in [4.78, 5) is 38.1. The van der Waals surface area contributed by atoms with E-state index >= 15 is 0 Å². The lowest BCUT2D eigenvalue weighted by Gasteiger charge is -2.25. The van der Waals surface area contributed by atoms with Crippen molar-refractivity contribution < 1.29 is 32.6 Å². The van der Waals surface area contributed by atoms with Gasteiger partial charge in [-0.2, -0.15) is 5.09 Å². The fraction of sp³-hybridized carbons (Fsp3) is 0.500. The number of aromatic amines is 1. The molecule has 0 saturated carbocycles. The molecule has 190 valence electrons. The van der Waals surface area contributed by atoms with Crippen molar-refractivity contribution in [3.8, 4) is 5.75 Å². The molecule has 6 atom stereocenters. The third-order valence-electron chi connectivity index (χ3n) is 5.56. The fourth-order valence-corrected chi connectivity index (χ4v) is 5.34. The molecule has 1 aromatic heterocycles. The zero-order valence-corrected chi connectivity index (χ0v) is 20.6. The molecule has 2 aliphatic rings. The van der Waals surface area contributed by atoms with Crippen molar-refractivity contribution >= 4 is 13.7 Å². The van der Waals surface area contributed by atoms with Crippen molar-refractivity contribution in [2.75, 3.05) is 6.61 Å². The first-order valence-electron chi connectivity index (χ1n) is 11.1. The number of hydrogen-bond donors (Lipinski definition) is 2. The molecule has 0 bridgehead atoms. The minimum absolute atomic E-state index is 0.224. The molecule has 2 aromatic rings. The van der Waals surface area contributed by atoms with Gasteiger partial charge in [0.1, 0.15) is 29.6 Å². The summed E-state index contributed by atoms with van der Waals surface area (Å²) in [5.74, 6) is -0.349. The smallest absolute Gasteiger partial charge is 0.459 e. The number of fused-ring (bicyclic) bond motifs is 1. The van der Waals surface area contributed by atoms with E-state index in [0.29, 0.717) is 0 Å². The van der Waals surface area contributed by atoms with Crippen LogP contribution in [0.4, 0.5) is 0 Å². The van der Waals surface area contributed by atoms with E-state index in [4.69, 9.17) is 23.3 Å². The molecule has 0 aliphatic carbocycles. The van der Waals surface area contributed by atoms with Gasteiger partial charge in [0, 0.05) is 12.3 Å². The van der Waals surface area contributed by atoms with E-state index < -0.39 is 55.0 Å². The minimum atomic E-state index is -4.09. The second-order valence-electron chi connectivity index (χ2n) is 8.80. The van der Waals surface area contributed by atoms with Crippen LogP contribution in [-0.4, -0.2) is 52.1 Å². The summed E-state index contributed by atoms with van der Waals surface area (Å²) in [6.07, 6.45) is -0.998. The number of H-pyrrole nitrogens is 1. The first-order chi connectivity index (χ1) is 16.5. The van der Waals surface area contributed by atoms with Gasteiger partial charge < -0.3 is 18.7 Å². The standard InChI is InChI=1S/C22H28N3O9P/c1-13(2)31-19(27)14(3)24-35(29,34-15-8-6-5-7-9-15)30-12-16-18-22(4,33-18)20(32-16)25-11-10-17(26)23-21(25)28/h5-11,13-14,16,18,20H,12H2,1-4H3,(H,24,29)(H,23,26,28)/t14-,16?,18-,20?,22-,35?/m0/s1. The predicted molar refractivity (Wildman–Crippen MR) is 123 cm³/mol. The monoisotopic (exact) mass is 509 g/mol. The Morgan fingerprint density at radius 3 is 2.60 bits per heavy atom. The number of nitrogens with one attached hydrogen (secondary N) is 2. The molecule has 0 amide bonds. The number of rotatable bonds is 10. The highest BCUT2D eigenvalue weighted by Gasteiger charge is 2.69. The highest BCUT2D eigenvalue weighted by Crippen LogP contribution is 2.55. The fourth-order valence-electron chi connectivity index (χ4n) is 3.84. The maximum atomic E-state index is 13.6. The van der Waals surface area contributed by atoms with Gasteiger partial charge in [-0.05, 0) is 39.8 Å². The van der Waals surface area contributed by atoms with Crippen LogP contribution in [0.1, 0.15) is 33.9 Å². The lowest BCUT2D eigenvalue weighted by molar-refractivity contribution is -0.149. The number of carbonyl (C=O) groups excluding carboxylic acids is 1. The maximum absolute atomic E-state index is 13.6. The topological polar surface area (TPSA) is 150 Å². The van der Waals surface area contributed by atoms with Gasteiger partial charge in [-0.3, -0.25) is 23.7 Å². The van der Waals surface area contributed by atoms with Crippen molar-refractivity contribution in [1.29, 1.82) is 0 Å². The van der Waals surface area contributed by atoms with Gasteiger partial charge >= 0.3 is 19.4 Å². The quantitative estimate of drug-likeness (QED) is 0.275. The van der Waals surface area contributed by atoms with Crippen LogP contribution in [0.2, 0.25) is 0 Å². The number of carbonyl (C=O) groups is 1. The van der Waals surface area contributed by atoms with Crippen LogP contribution in [-0.2, 0) is 28.1 Å². The maximum Gasteiger partial charge on any atom is 0.459 e. The molecule has 3 unspecified atom stereocenters. The molecule has 1 aromatic carbocycles. The first kappa shape index (κ1) is 25.3. The Morgan fingerprint density at radius 2 is 1.94 bits per heavy atom. The number of aromatic nitrogens is 2. The summed E-state index contributed by atoms with van der Waals surface area (Å²) in [7, 11) is -4.09. The van der Waals surface area contributed by atoms with Crippen LogP contribution in [0, 0.1) is 0 Å². The predicted octanol–water partition coefficient (Wildman–Crippen LogP) is 1.72. The Kier molecular flexibility index (Phi) is 7.03. The summed E-state index contributed by atoms with van der Waals surface area (Å²) in [5, 5.41) is 2.61. The molecule has 2 aliphatic heterocycles. The first-order valence-corrected chi connectivity index (χ1v) is 12.7. The van der Waals surface area contributed by atoms with E-state index in [9.17, 15) is 18.9 Å². The van der Waals surface area contributed by atoms with Crippen molar-refractivity contribution in [2.24, 2.45) is 0 Å². The van der Waals surface area contributed by atoms with Gasteiger partial charge in [-0.15, -0.1) is 0 Å². The summed E-state index contributed by atoms with van der Waals surface area (Å²) < 4.78 is 43.1. The van der Waals surface area contributed by atoms with Crippen LogP contribution in [0.15, 0.2) is 52.2 Å². The van der Waals surface area contributed by atoms with Crippen molar-refractivity contribution in [3.05, 3.63) is 63.4 Å². The van der Waals surface area contributed by atoms with E-state index in [1.807, 2.05) is 0 Å². The zero-order chi connectivity index (χ0) is 25.4. The van der Waals surface area contributed by atoms with E-state index in [-0.39, 0.29) is 18.5 Å². The lowest BCUT2D eigenvalue weighted by atomic mass is 10.1. The van der Waals surface area contributed by atoms with Gasteiger partial charge in [-0.25, -0.2) is 9.36 Å². The normalized spacial score (nSPS) is 27.6. The number of epoxide rings is 1. The van der Waals surface area contributed by atoms with Gasteiger partial charge in [0.05, 0.1) is 12.7 Å². The summed E-state index contributed by atoms with van der Waals surface area (Å²) in [6.45, 7) is 6.44. The second-order valence-corrected chi connectivity index (χ2v) is 10.5. The van der Waals surface area contributed by atoms with E-state index in [2.05, 4.69) is 10.1 Å². The number of para-hydroxylation sites is 1. The average molecular weight is 509 g/mol. The Labute approximate surface area is 201 Å². The van der Waals surface area contributed by atoms with E-state index in [0.717, 1.165) is 0 Å². The molecule has 4 rings (SSSR count). The van der Waals surface area contributed by atoms with Crippen molar-refractivity contribution in [2.45, 2.75) is 63.9 Å². The lowest BCUT2D eigenvalue weighted by Crippen LogP contribution is -2.37.